The third-order valence-corrected chi connectivity index (χ3v) is 1.54. The minimum absolute atomic E-state index is 0.397. The molecule has 1 unspecified atom stereocenters. The lowest BCUT2D eigenvalue weighted by molar-refractivity contribution is 0.0523. The van der Waals surface area contributed by atoms with Crippen molar-refractivity contribution in [3.8, 4) is 0 Å². The van der Waals surface area contributed by atoms with Crippen molar-refractivity contribution in [1.29, 1.82) is 0 Å². The highest BCUT2D eigenvalue weighted by Crippen LogP contribution is 2.10. The first-order chi connectivity index (χ1) is 4.33. The van der Waals surface area contributed by atoms with Crippen LogP contribution in [0.3, 0.4) is 0 Å². The molecule has 1 saturated heterocycles. The van der Waals surface area contributed by atoms with E-state index in [0.717, 1.165) is 19.6 Å². The topological polar surface area (TPSA) is 21.8 Å². The zero-order chi connectivity index (χ0) is 6.69. The Balaban J connectivity index is 1.90. The van der Waals surface area contributed by atoms with Crippen molar-refractivity contribution in [2.24, 2.45) is 0 Å². The minimum Gasteiger partial charge on any atom is -0.376 e. The smallest absolute Gasteiger partial charge is 0.104 e. The van der Waals surface area contributed by atoms with Crippen molar-refractivity contribution in [2.45, 2.75) is 32.5 Å². The zero-order valence-corrected chi connectivity index (χ0v) is 6.09. The minimum atomic E-state index is 0.397. The molecule has 1 aliphatic heterocycles. The summed E-state index contributed by atoms with van der Waals surface area (Å²) in [5, 5.41) is 0. The predicted octanol–water partition coefficient (Wildman–Crippen LogP) is 1.20. The van der Waals surface area contributed by atoms with Crippen molar-refractivity contribution in [3.05, 3.63) is 0 Å². The second kappa shape index (κ2) is 3.18. The largest absolute Gasteiger partial charge is 0.376 e. The van der Waals surface area contributed by atoms with E-state index in [2.05, 4.69) is 13.8 Å². The highest BCUT2D eigenvalue weighted by atomic mass is 16.6. The third-order valence-electron chi connectivity index (χ3n) is 1.54. The molecule has 0 radical (unpaired) electrons. The van der Waals surface area contributed by atoms with E-state index >= 15 is 0 Å². The summed E-state index contributed by atoms with van der Waals surface area (Å²) in [7, 11) is 0. The van der Waals surface area contributed by atoms with E-state index in [4.69, 9.17) is 9.47 Å². The fourth-order valence-electron chi connectivity index (χ4n) is 0.554. The van der Waals surface area contributed by atoms with Crippen LogP contribution < -0.4 is 0 Å². The fourth-order valence-corrected chi connectivity index (χ4v) is 0.554. The standard InChI is InChI=1S/C7H14O2/c1-3-6(2)8-4-7-5-9-7/h6-7H,3-5H2,1-2H3/t6?,7-/m1/s1. The summed E-state index contributed by atoms with van der Waals surface area (Å²) in [6.07, 6.45) is 1.90. The summed E-state index contributed by atoms with van der Waals surface area (Å²) < 4.78 is 10.4. The lowest BCUT2D eigenvalue weighted by atomic mass is 10.3. The van der Waals surface area contributed by atoms with E-state index in [9.17, 15) is 0 Å². The van der Waals surface area contributed by atoms with Crippen LogP contribution in [0.2, 0.25) is 0 Å². The average Bonchev–Trinajstić information content (AvgIpc) is 2.65. The van der Waals surface area contributed by atoms with Gasteiger partial charge in [0.2, 0.25) is 0 Å². The van der Waals surface area contributed by atoms with E-state index in [1.54, 1.807) is 0 Å². The van der Waals surface area contributed by atoms with Gasteiger partial charge < -0.3 is 9.47 Å². The normalized spacial score (nSPS) is 28.0. The summed E-state index contributed by atoms with van der Waals surface area (Å²) >= 11 is 0. The van der Waals surface area contributed by atoms with Gasteiger partial charge in [-0.2, -0.15) is 0 Å². The van der Waals surface area contributed by atoms with E-state index < -0.39 is 0 Å². The molecule has 0 saturated carbocycles. The Morgan fingerprint density at radius 1 is 1.78 bits per heavy atom. The van der Waals surface area contributed by atoms with Crippen LogP contribution in [0.15, 0.2) is 0 Å². The van der Waals surface area contributed by atoms with Crippen molar-refractivity contribution >= 4 is 0 Å². The Morgan fingerprint density at radius 3 is 2.89 bits per heavy atom. The highest BCUT2D eigenvalue weighted by Gasteiger charge is 2.22. The van der Waals surface area contributed by atoms with Gasteiger partial charge in [-0.05, 0) is 13.3 Å². The molecule has 0 N–H and O–H groups in total. The van der Waals surface area contributed by atoms with Gasteiger partial charge in [-0.1, -0.05) is 6.92 Å². The molecule has 0 aromatic heterocycles. The third kappa shape index (κ3) is 2.82. The van der Waals surface area contributed by atoms with Crippen LogP contribution in [-0.4, -0.2) is 25.4 Å². The molecule has 2 nitrogen and oxygen atoms in total. The van der Waals surface area contributed by atoms with Crippen LogP contribution in [0.5, 0.6) is 0 Å². The Hall–Kier alpha value is -0.0800. The summed E-state index contributed by atoms with van der Waals surface area (Å²) in [6, 6.07) is 0. The second-order valence-electron chi connectivity index (χ2n) is 2.51. The van der Waals surface area contributed by atoms with E-state index in [-0.39, 0.29) is 0 Å². The SMILES string of the molecule is CCC(C)OC[C@@H]1CO1. The average molecular weight is 130 g/mol. The maximum atomic E-state index is 5.39. The maximum Gasteiger partial charge on any atom is 0.104 e. The van der Waals surface area contributed by atoms with Gasteiger partial charge in [0.1, 0.15) is 6.10 Å². The van der Waals surface area contributed by atoms with Gasteiger partial charge in [-0.3, -0.25) is 0 Å². The molecule has 0 bridgehead atoms. The molecule has 1 aliphatic rings. The van der Waals surface area contributed by atoms with Crippen LogP contribution in [0.1, 0.15) is 20.3 Å². The Labute approximate surface area is 56.2 Å². The zero-order valence-electron chi connectivity index (χ0n) is 6.09. The molecule has 1 rings (SSSR count). The first kappa shape index (κ1) is 7.03. The lowest BCUT2D eigenvalue weighted by Gasteiger charge is -2.07. The van der Waals surface area contributed by atoms with Crippen LogP contribution >= 0.6 is 0 Å². The predicted molar refractivity (Wildman–Crippen MR) is 35.4 cm³/mol. The molecular formula is C7H14O2. The molecule has 2 atom stereocenters. The van der Waals surface area contributed by atoms with Gasteiger partial charge in [0.15, 0.2) is 0 Å². The Kier molecular flexibility index (Phi) is 2.49. The molecule has 9 heavy (non-hydrogen) atoms. The van der Waals surface area contributed by atoms with E-state index in [0.29, 0.717) is 12.2 Å². The second-order valence-corrected chi connectivity index (χ2v) is 2.51. The van der Waals surface area contributed by atoms with Gasteiger partial charge in [0, 0.05) is 0 Å². The molecular weight excluding hydrogens is 116 g/mol. The van der Waals surface area contributed by atoms with Gasteiger partial charge >= 0.3 is 0 Å². The summed E-state index contributed by atoms with van der Waals surface area (Å²) in [5.41, 5.74) is 0. The lowest BCUT2D eigenvalue weighted by Crippen LogP contribution is -2.10. The van der Waals surface area contributed by atoms with Gasteiger partial charge in [-0.25, -0.2) is 0 Å². The van der Waals surface area contributed by atoms with Gasteiger partial charge in [0.05, 0.1) is 19.3 Å². The summed E-state index contributed by atoms with van der Waals surface area (Å²) in [6.45, 7) is 5.90. The van der Waals surface area contributed by atoms with Crippen molar-refractivity contribution < 1.29 is 9.47 Å². The molecule has 54 valence electrons. The number of epoxide rings is 1. The first-order valence-electron chi connectivity index (χ1n) is 3.56. The molecule has 0 aromatic rings. The number of rotatable bonds is 4. The van der Waals surface area contributed by atoms with Crippen LogP contribution in [0.4, 0.5) is 0 Å². The molecule has 1 heterocycles. The van der Waals surface area contributed by atoms with Crippen molar-refractivity contribution in [2.75, 3.05) is 13.2 Å². The summed E-state index contributed by atoms with van der Waals surface area (Å²) in [5.74, 6) is 0. The van der Waals surface area contributed by atoms with Crippen molar-refractivity contribution in [1.82, 2.24) is 0 Å². The van der Waals surface area contributed by atoms with Crippen LogP contribution in [-0.2, 0) is 9.47 Å². The quantitative estimate of drug-likeness (QED) is 0.533. The van der Waals surface area contributed by atoms with E-state index in [1.807, 2.05) is 0 Å². The van der Waals surface area contributed by atoms with Gasteiger partial charge in [-0.15, -0.1) is 0 Å². The molecule has 0 aromatic carbocycles. The number of ether oxygens (including phenoxy) is 2. The molecule has 2 heteroatoms. The highest BCUT2D eigenvalue weighted by molar-refractivity contribution is 4.67. The Bertz CT molecular complexity index is 79.0. The van der Waals surface area contributed by atoms with Crippen molar-refractivity contribution in [3.63, 3.8) is 0 Å². The molecule has 0 amide bonds. The molecule has 1 fully saturated rings. The van der Waals surface area contributed by atoms with Gasteiger partial charge in [0.25, 0.3) is 0 Å². The number of hydrogen-bond donors (Lipinski definition) is 0. The first-order valence-corrected chi connectivity index (χ1v) is 3.56. The number of hydrogen-bond acceptors (Lipinski definition) is 2. The Morgan fingerprint density at radius 2 is 2.44 bits per heavy atom. The monoisotopic (exact) mass is 130 g/mol. The molecule has 0 spiro atoms. The van der Waals surface area contributed by atoms with Crippen LogP contribution in [0, 0.1) is 0 Å². The van der Waals surface area contributed by atoms with Crippen LogP contribution in [0.25, 0.3) is 0 Å². The fraction of sp³-hybridized carbons (Fsp3) is 1.00. The van der Waals surface area contributed by atoms with E-state index in [1.165, 1.54) is 0 Å². The molecule has 0 aliphatic carbocycles. The summed E-state index contributed by atoms with van der Waals surface area (Å²) in [4.78, 5) is 0. The maximum absolute atomic E-state index is 5.39.